The van der Waals surface area contributed by atoms with E-state index >= 15 is 0 Å². The standard InChI is InChI=1S/C20H30N2O3/c1-14(2)18(20(24)25)21-19(23)15(3)22-11-9-17(10-12-22)13-16-7-5-4-6-8-16/h4-8,14-15,17-18H,9-13H2,1-3H3,(H,21,23)(H,24,25)/t15?,18-/m1/s1. The lowest BCUT2D eigenvalue weighted by molar-refractivity contribution is -0.144. The number of carboxylic acids is 1. The summed E-state index contributed by atoms with van der Waals surface area (Å²) < 4.78 is 0. The highest BCUT2D eigenvalue weighted by atomic mass is 16.4. The molecule has 0 spiro atoms. The van der Waals surface area contributed by atoms with Crippen molar-refractivity contribution < 1.29 is 14.7 Å². The van der Waals surface area contributed by atoms with Gasteiger partial charge in [0, 0.05) is 0 Å². The van der Waals surface area contributed by atoms with Gasteiger partial charge in [0.1, 0.15) is 6.04 Å². The Labute approximate surface area is 150 Å². The third kappa shape index (κ3) is 5.56. The van der Waals surface area contributed by atoms with Crippen LogP contribution in [0.15, 0.2) is 30.3 Å². The fraction of sp³-hybridized carbons (Fsp3) is 0.600. The molecule has 2 atom stereocenters. The second-order valence-electron chi connectivity index (χ2n) is 7.41. The van der Waals surface area contributed by atoms with Crippen LogP contribution in [0.1, 0.15) is 39.2 Å². The molecule has 0 aliphatic carbocycles. The third-order valence-corrected chi connectivity index (χ3v) is 5.17. The average Bonchev–Trinajstić information content (AvgIpc) is 2.59. The van der Waals surface area contributed by atoms with Gasteiger partial charge in [0.05, 0.1) is 6.04 Å². The topological polar surface area (TPSA) is 69.6 Å². The molecule has 1 saturated heterocycles. The van der Waals surface area contributed by atoms with Crippen LogP contribution in [0.25, 0.3) is 0 Å². The zero-order valence-electron chi connectivity index (χ0n) is 15.4. The van der Waals surface area contributed by atoms with E-state index in [1.807, 2.05) is 13.0 Å². The first-order valence-electron chi connectivity index (χ1n) is 9.19. The maximum atomic E-state index is 12.4. The number of nitrogens with one attached hydrogen (secondary N) is 1. The van der Waals surface area contributed by atoms with Gasteiger partial charge in [-0.05, 0) is 56.7 Å². The van der Waals surface area contributed by atoms with E-state index < -0.39 is 12.0 Å². The Balaban J connectivity index is 1.83. The van der Waals surface area contributed by atoms with Gasteiger partial charge in [-0.25, -0.2) is 4.79 Å². The molecule has 1 aliphatic heterocycles. The molecule has 0 aromatic heterocycles. The molecule has 1 aromatic carbocycles. The second-order valence-corrected chi connectivity index (χ2v) is 7.41. The number of nitrogens with zero attached hydrogens (tertiary/aromatic N) is 1. The molecule has 0 bridgehead atoms. The summed E-state index contributed by atoms with van der Waals surface area (Å²) in [6, 6.07) is 9.40. The van der Waals surface area contributed by atoms with E-state index in [4.69, 9.17) is 0 Å². The first-order chi connectivity index (χ1) is 11.9. The van der Waals surface area contributed by atoms with Crippen LogP contribution in [0.3, 0.4) is 0 Å². The number of rotatable bonds is 7. The van der Waals surface area contributed by atoms with Gasteiger partial charge >= 0.3 is 5.97 Å². The maximum absolute atomic E-state index is 12.4. The van der Waals surface area contributed by atoms with Crippen LogP contribution in [0, 0.1) is 11.8 Å². The Bertz CT molecular complexity index is 566. The van der Waals surface area contributed by atoms with Crippen LogP contribution in [-0.4, -0.2) is 47.1 Å². The Kier molecular flexibility index (Phi) is 7.00. The van der Waals surface area contributed by atoms with E-state index in [-0.39, 0.29) is 17.9 Å². The fourth-order valence-corrected chi connectivity index (χ4v) is 3.45. The Morgan fingerprint density at radius 3 is 2.28 bits per heavy atom. The van der Waals surface area contributed by atoms with Crippen LogP contribution in [0.2, 0.25) is 0 Å². The molecule has 1 aliphatic rings. The highest BCUT2D eigenvalue weighted by molar-refractivity contribution is 5.86. The lowest BCUT2D eigenvalue weighted by atomic mass is 9.89. The average molecular weight is 346 g/mol. The SMILES string of the molecule is CC(C)[C@@H](NC(=O)C(C)N1CCC(Cc2ccccc2)CC1)C(=O)O. The molecular formula is C20H30N2O3. The zero-order valence-corrected chi connectivity index (χ0v) is 15.4. The van der Waals surface area contributed by atoms with Crippen molar-refractivity contribution in [1.29, 1.82) is 0 Å². The lowest BCUT2D eigenvalue weighted by Crippen LogP contribution is -2.53. The van der Waals surface area contributed by atoms with Crippen molar-refractivity contribution in [1.82, 2.24) is 10.2 Å². The van der Waals surface area contributed by atoms with Crippen LogP contribution < -0.4 is 5.32 Å². The summed E-state index contributed by atoms with van der Waals surface area (Å²) in [6.45, 7) is 7.24. The molecule has 1 amide bonds. The number of aliphatic carboxylic acids is 1. The van der Waals surface area contributed by atoms with Crippen molar-refractivity contribution in [3.63, 3.8) is 0 Å². The summed E-state index contributed by atoms with van der Waals surface area (Å²) in [5, 5.41) is 11.9. The molecule has 2 N–H and O–H groups in total. The van der Waals surface area contributed by atoms with Crippen LogP contribution in [0.5, 0.6) is 0 Å². The zero-order chi connectivity index (χ0) is 18.4. The molecule has 5 nitrogen and oxygen atoms in total. The summed E-state index contributed by atoms with van der Waals surface area (Å²) in [4.78, 5) is 25.8. The maximum Gasteiger partial charge on any atom is 0.326 e. The number of carboxylic acid groups (broad SMARTS) is 1. The molecule has 25 heavy (non-hydrogen) atoms. The third-order valence-electron chi connectivity index (χ3n) is 5.17. The number of piperidine rings is 1. The minimum atomic E-state index is -0.975. The Hall–Kier alpha value is -1.88. The first-order valence-corrected chi connectivity index (χ1v) is 9.19. The normalized spacial score (nSPS) is 18.7. The van der Waals surface area contributed by atoms with Crippen LogP contribution >= 0.6 is 0 Å². The van der Waals surface area contributed by atoms with Gasteiger partial charge in [-0.15, -0.1) is 0 Å². The van der Waals surface area contributed by atoms with Crippen molar-refractivity contribution in [2.24, 2.45) is 11.8 Å². The highest BCUT2D eigenvalue weighted by Gasteiger charge is 2.30. The molecule has 1 aromatic rings. The molecular weight excluding hydrogens is 316 g/mol. The van der Waals surface area contributed by atoms with E-state index in [0.29, 0.717) is 5.92 Å². The summed E-state index contributed by atoms with van der Waals surface area (Å²) >= 11 is 0. The van der Waals surface area contributed by atoms with Gasteiger partial charge in [0.2, 0.25) is 5.91 Å². The van der Waals surface area contributed by atoms with Crippen molar-refractivity contribution in [2.45, 2.75) is 52.1 Å². The number of likely N-dealkylation sites (tertiary alicyclic amines) is 1. The monoisotopic (exact) mass is 346 g/mol. The van der Waals surface area contributed by atoms with Crippen molar-refractivity contribution in [3.8, 4) is 0 Å². The fourth-order valence-electron chi connectivity index (χ4n) is 3.45. The van der Waals surface area contributed by atoms with E-state index in [1.165, 1.54) is 5.56 Å². The lowest BCUT2D eigenvalue weighted by Gasteiger charge is -2.36. The molecule has 5 heteroatoms. The summed E-state index contributed by atoms with van der Waals surface area (Å²) in [5.41, 5.74) is 1.37. The number of amides is 1. The van der Waals surface area contributed by atoms with Crippen LogP contribution in [-0.2, 0) is 16.0 Å². The molecule has 138 valence electrons. The smallest absolute Gasteiger partial charge is 0.326 e. The number of carbonyl (C=O) groups excluding carboxylic acids is 1. The number of hydrogen-bond acceptors (Lipinski definition) is 3. The predicted octanol–water partition coefficient (Wildman–Crippen LogP) is 2.55. The van der Waals surface area contributed by atoms with E-state index in [2.05, 4.69) is 34.5 Å². The minimum Gasteiger partial charge on any atom is -0.480 e. The quantitative estimate of drug-likeness (QED) is 0.796. The minimum absolute atomic E-state index is 0.134. The van der Waals surface area contributed by atoms with E-state index in [0.717, 1.165) is 32.4 Å². The van der Waals surface area contributed by atoms with Gasteiger partial charge in [0.25, 0.3) is 0 Å². The molecule has 2 rings (SSSR count). The molecule has 1 unspecified atom stereocenters. The van der Waals surface area contributed by atoms with Gasteiger partial charge in [-0.3, -0.25) is 9.69 Å². The second kappa shape index (κ2) is 8.99. The van der Waals surface area contributed by atoms with E-state index in [9.17, 15) is 14.7 Å². The molecule has 0 saturated carbocycles. The highest BCUT2D eigenvalue weighted by Crippen LogP contribution is 2.23. The number of benzene rings is 1. The summed E-state index contributed by atoms with van der Waals surface area (Å²) in [7, 11) is 0. The predicted molar refractivity (Wildman–Crippen MR) is 98.3 cm³/mol. The summed E-state index contributed by atoms with van der Waals surface area (Å²) in [6.07, 6.45) is 3.22. The van der Waals surface area contributed by atoms with Crippen LogP contribution in [0.4, 0.5) is 0 Å². The first kappa shape index (κ1) is 19.4. The summed E-state index contributed by atoms with van der Waals surface area (Å²) in [5.74, 6) is -0.652. The molecule has 1 heterocycles. The Morgan fingerprint density at radius 2 is 1.76 bits per heavy atom. The van der Waals surface area contributed by atoms with Crippen molar-refractivity contribution >= 4 is 11.9 Å². The van der Waals surface area contributed by atoms with E-state index in [1.54, 1.807) is 13.8 Å². The van der Waals surface area contributed by atoms with Gasteiger partial charge < -0.3 is 10.4 Å². The Morgan fingerprint density at radius 1 is 1.16 bits per heavy atom. The largest absolute Gasteiger partial charge is 0.480 e. The molecule has 1 fully saturated rings. The number of carbonyl (C=O) groups is 2. The van der Waals surface area contributed by atoms with Crippen molar-refractivity contribution in [2.75, 3.05) is 13.1 Å². The number of hydrogen-bond donors (Lipinski definition) is 2. The van der Waals surface area contributed by atoms with Gasteiger partial charge in [-0.1, -0.05) is 44.2 Å². The van der Waals surface area contributed by atoms with Crippen molar-refractivity contribution in [3.05, 3.63) is 35.9 Å². The van der Waals surface area contributed by atoms with Gasteiger partial charge in [0.15, 0.2) is 0 Å². The van der Waals surface area contributed by atoms with Gasteiger partial charge in [-0.2, -0.15) is 0 Å². The molecule has 0 radical (unpaired) electrons.